The standard InChI is InChI=1S/C10H10N2O2S/c1-6(13)8-9(7-4-3-5-14-7)15-10(11-2)12-8/h3-5H,1-2H3,(H,11,12). The molecule has 1 N–H and O–H groups in total. The molecule has 0 atom stereocenters. The summed E-state index contributed by atoms with van der Waals surface area (Å²) in [5, 5.41) is 3.63. The van der Waals surface area contributed by atoms with Crippen molar-refractivity contribution in [2.24, 2.45) is 0 Å². The summed E-state index contributed by atoms with van der Waals surface area (Å²) in [6, 6.07) is 3.61. The van der Waals surface area contributed by atoms with Gasteiger partial charge in [-0.3, -0.25) is 4.79 Å². The van der Waals surface area contributed by atoms with E-state index >= 15 is 0 Å². The highest BCUT2D eigenvalue weighted by Crippen LogP contribution is 2.33. The summed E-state index contributed by atoms with van der Waals surface area (Å²) in [6.45, 7) is 1.50. The Morgan fingerprint density at radius 3 is 2.93 bits per heavy atom. The molecule has 0 saturated carbocycles. The molecule has 0 unspecified atom stereocenters. The van der Waals surface area contributed by atoms with Crippen molar-refractivity contribution in [3.05, 3.63) is 24.1 Å². The van der Waals surface area contributed by atoms with Gasteiger partial charge in [-0.2, -0.15) is 0 Å². The molecule has 0 saturated heterocycles. The first-order valence-corrected chi connectivity index (χ1v) is 5.27. The van der Waals surface area contributed by atoms with Crippen molar-refractivity contribution in [2.45, 2.75) is 6.92 Å². The Balaban J connectivity index is 2.54. The van der Waals surface area contributed by atoms with Gasteiger partial charge >= 0.3 is 0 Å². The zero-order chi connectivity index (χ0) is 10.8. The SMILES string of the molecule is CNc1nc(C(C)=O)c(-c2ccco2)s1. The summed E-state index contributed by atoms with van der Waals surface area (Å²) in [6.07, 6.45) is 1.58. The second kappa shape index (κ2) is 3.86. The minimum atomic E-state index is -0.0563. The first-order valence-electron chi connectivity index (χ1n) is 4.45. The van der Waals surface area contributed by atoms with Crippen molar-refractivity contribution in [3.8, 4) is 10.6 Å². The van der Waals surface area contributed by atoms with Gasteiger partial charge in [0, 0.05) is 14.0 Å². The number of rotatable bonds is 3. The Morgan fingerprint density at radius 1 is 1.60 bits per heavy atom. The molecule has 0 aliphatic rings. The van der Waals surface area contributed by atoms with Gasteiger partial charge in [-0.1, -0.05) is 11.3 Å². The van der Waals surface area contributed by atoms with Crippen LogP contribution in [0.5, 0.6) is 0 Å². The molecule has 0 aliphatic carbocycles. The second-order valence-corrected chi connectivity index (χ2v) is 3.98. The Bertz CT molecular complexity index is 474. The van der Waals surface area contributed by atoms with E-state index in [9.17, 15) is 4.79 Å². The fourth-order valence-corrected chi connectivity index (χ4v) is 2.18. The van der Waals surface area contributed by atoms with E-state index in [-0.39, 0.29) is 5.78 Å². The zero-order valence-corrected chi connectivity index (χ0v) is 9.22. The zero-order valence-electron chi connectivity index (χ0n) is 8.40. The second-order valence-electron chi connectivity index (χ2n) is 2.98. The Kier molecular flexibility index (Phi) is 2.55. The Morgan fingerprint density at radius 2 is 2.40 bits per heavy atom. The van der Waals surface area contributed by atoms with Crippen LogP contribution < -0.4 is 5.32 Å². The number of nitrogens with one attached hydrogen (secondary N) is 1. The van der Waals surface area contributed by atoms with E-state index < -0.39 is 0 Å². The highest BCUT2D eigenvalue weighted by atomic mass is 32.1. The normalized spacial score (nSPS) is 10.3. The lowest BCUT2D eigenvalue weighted by Gasteiger charge is -1.92. The number of hydrogen-bond acceptors (Lipinski definition) is 5. The molecule has 15 heavy (non-hydrogen) atoms. The fourth-order valence-electron chi connectivity index (χ4n) is 1.24. The number of carbonyl (C=O) groups excluding carboxylic acids is 1. The average Bonchev–Trinajstić information content (AvgIpc) is 2.86. The van der Waals surface area contributed by atoms with Crippen molar-refractivity contribution < 1.29 is 9.21 Å². The lowest BCUT2D eigenvalue weighted by molar-refractivity contribution is 0.101. The van der Waals surface area contributed by atoms with Crippen LogP contribution in [0, 0.1) is 0 Å². The van der Waals surface area contributed by atoms with Gasteiger partial charge in [0.1, 0.15) is 16.3 Å². The van der Waals surface area contributed by atoms with Gasteiger partial charge in [0.2, 0.25) is 0 Å². The highest BCUT2D eigenvalue weighted by molar-refractivity contribution is 7.19. The summed E-state index contributed by atoms with van der Waals surface area (Å²) in [4.78, 5) is 16.3. The highest BCUT2D eigenvalue weighted by Gasteiger charge is 2.17. The topological polar surface area (TPSA) is 55.1 Å². The van der Waals surface area contributed by atoms with Crippen molar-refractivity contribution >= 4 is 22.3 Å². The molecule has 2 rings (SSSR count). The van der Waals surface area contributed by atoms with Gasteiger partial charge in [-0.15, -0.1) is 0 Å². The van der Waals surface area contributed by atoms with E-state index in [0.29, 0.717) is 16.6 Å². The number of hydrogen-bond donors (Lipinski definition) is 1. The summed E-state index contributed by atoms with van der Waals surface area (Å²) in [5.41, 5.74) is 0.458. The first kappa shape index (κ1) is 9.92. The van der Waals surface area contributed by atoms with Crippen LogP contribution in [0.1, 0.15) is 17.4 Å². The van der Waals surface area contributed by atoms with Gasteiger partial charge in [0.25, 0.3) is 0 Å². The van der Waals surface area contributed by atoms with Gasteiger partial charge in [0.15, 0.2) is 10.9 Å². The van der Waals surface area contributed by atoms with Crippen LogP contribution in [0.15, 0.2) is 22.8 Å². The van der Waals surface area contributed by atoms with Gasteiger partial charge in [0.05, 0.1) is 6.26 Å². The summed E-state index contributed by atoms with van der Waals surface area (Å²) in [5.74, 6) is 0.623. The van der Waals surface area contributed by atoms with Gasteiger partial charge in [-0.25, -0.2) is 4.98 Å². The minimum absolute atomic E-state index is 0.0563. The van der Waals surface area contributed by atoms with Crippen molar-refractivity contribution in [1.82, 2.24) is 4.98 Å². The summed E-state index contributed by atoms with van der Waals surface area (Å²) in [7, 11) is 1.77. The molecule has 78 valence electrons. The minimum Gasteiger partial charge on any atom is -0.463 e. The third-order valence-corrected chi connectivity index (χ3v) is 3.01. The summed E-state index contributed by atoms with van der Waals surface area (Å²) >= 11 is 1.41. The number of thiazole rings is 1. The molecule has 4 nitrogen and oxygen atoms in total. The molecule has 0 aromatic carbocycles. The molecule has 0 bridgehead atoms. The van der Waals surface area contributed by atoms with Crippen LogP contribution in [0.25, 0.3) is 10.6 Å². The number of Topliss-reactive ketones (excluding diaryl/α,β-unsaturated/α-hetero) is 1. The maximum atomic E-state index is 11.4. The average molecular weight is 222 g/mol. The largest absolute Gasteiger partial charge is 0.463 e. The van der Waals surface area contributed by atoms with Crippen LogP contribution in [0.2, 0.25) is 0 Å². The molecular formula is C10H10N2O2S. The van der Waals surface area contributed by atoms with Crippen LogP contribution in [0.3, 0.4) is 0 Å². The van der Waals surface area contributed by atoms with E-state index in [1.165, 1.54) is 18.3 Å². The fraction of sp³-hybridized carbons (Fsp3) is 0.200. The van der Waals surface area contributed by atoms with E-state index in [0.717, 1.165) is 4.88 Å². The number of anilines is 1. The maximum absolute atomic E-state index is 11.4. The summed E-state index contributed by atoms with van der Waals surface area (Å²) < 4.78 is 5.26. The monoisotopic (exact) mass is 222 g/mol. The Hall–Kier alpha value is -1.62. The number of carbonyl (C=O) groups is 1. The molecule has 2 heterocycles. The van der Waals surface area contributed by atoms with Crippen molar-refractivity contribution in [2.75, 3.05) is 12.4 Å². The van der Waals surface area contributed by atoms with Crippen LogP contribution in [0.4, 0.5) is 5.13 Å². The lowest BCUT2D eigenvalue weighted by atomic mass is 10.2. The molecule has 0 fully saturated rings. The lowest BCUT2D eigenvalue weighted by Crippen LogP contribution is -1.95. The molecule has 2 aromatic heterocycles. The number of furan rings is 1. The first-order chi connectivity index (χ1) is 7.22. The van der Waals surface area contributed by atoms with Crippen LogP contribution in [-0.4, -0.2) is 17.8 Å². The van der Waals surface area contributed by atoms with E-state index in [2.05, 4.69) is 10.3 Å². The third kappa shape index (κ3) is 1.78. The van der Waals surface area contributed by atoms with Crippen molar-refractivity contribution in [3.63, 3.8) is 0 Å². The quantitative estimate of drug-likeness (QED) is 0.811. The van der Waals surface area contributed by atoms with E-state index in [1.54, 1.807) is 19.4 Å². The number of aromatic nitrogens is 1. The molecule has 2 aromatic rings. The van der Waals surface area contributed by atoms with Crippen LogP contribution in [-0.2, 0) is 0 Å². The van der Waals surface area contributed by atoms with Gasteiger partial charge < -0.3 is 9.73 Å². The molecule has 0 spiro atoms. The maximum Gasteiger partial charge on any atom is 0.183 e. The molecule has 0 amide bonds. The van der Waals surface area contributed by atoms with E-state index in [4.69, 9.17) is 4.42 Å². The predicted octanol–water partition coefficient (Wildman–Crippen LogP) is 2.65. The van der Waals surface area contributed by atoms with Crippen LogP contribution >= 0.6 is 11.3 Å². The predicted molar refractivity (Wildman–Crippen MR) is 59.4 cm³/mol. The number of nitrogens with zero attached hydrogens (tertiary/aromatic N) is 1. The molecule has 5 heteroatoms. The molecule has 0 radical (unpaired) electrons. The van der Waals surface area contributed by atoms with Crippen molar-refractivity contribution in [1.29, 1.82) is 0 Å². The molecule has 0 aliphatic heterocycles. The smallest absolute Gasteiger partial charge is 0.183 e. The number of ketones is 1. The third-order valence-electron chi connectivity index (χ3n) is 1.92. The molecular weight excluding hydrogens is 212 g/mol. The Labute approximate surface area is 90.9 Å². The van der Waals surface area contributed by atoms with E-state index in [1.807, 2.05) is 6.07 Å². The van der Waals surface area contributed by atoms with Gasteiger partial charge in [-0.05, 0) is 12.1 Å².